The molecule has 0 saturated carbocycles. The number of rotatable bonds is 11. The molecule has 1 aliphatic rings. The number of ether oxygens (including phenoxy) is 1. The lowest BCUT2D eigenvalue weighted by molar-refractivity contribution is -0.133. The minimum atomic E-state index is -0.731. The molecule has 2 amide bonds. The van der Waals surface area contributed by atoms with Gasteiger partial charge in [0.15, 0.2) is 5.78 Å². The highest BCUT2D eigenvalue weighted by Crippen LogP contribution is 2.11. The number of likely N-dealkylation sites (tertiary alicyclic amines) is 1. The van der Waals surface area contributed by atoms with E-state index in [0.717, 1.165) is 24.8 Å². The summed E-state index contributed by atoms with van der Waals surface area (Å²) < 4.78 is 5.26. The van der Waals surface area contributed by atoms with E-state index in [1.165, 1.54) is 24.2 Å². The first-order valence-electron chi connectivity index (χ1n) is 10.4. The molecular formula is C22H32N2O4. The molecule has 1 atom stereocenters. The Balaban J connectivity index is 1.83. The van der Waals surface area contributed by atoms with E-state index in [2.05, 4.69) is 12.2 Å². The molecule has 1 aromatic carbocycles. The summed E-state index contributed by atoms with van der Waals surface area (Å²) in [7, 11) is 0. The quantitative estimate of drug-likeness (QED) is 0.589. The van der Waals surface area contributed by atoms with Gasteiger partial charge in [0.05, 0.1) is 13.2 Å². The summed E-state index contributed by atoms with van der Waals surface area (Å²) >= 11 is 0. The molecule has 0 aliphatic carbocycles. The summed E-state index contributed by atoms with van der Waals surface area (Å²) in [5.74, 6) is -0.177. The molecule has 1 fully saturated rings. The molecule has 154 valence electrons. The van der Waals surface area contributed by atoms with Crippen LogP contribution in [0.1, 0.15) is 57.4 Å². The first-order valence-corrected chi connectivity index (χ1v) is 10.4. The number of amides is 2. The lowest BCUT2D eigenvalue weighted by atomic mass is 10.1. The van der Waals surface area contributed by atoms with Gasteiger partial charge < -0.3 is 15.0 Å². The van der Waals surface area contributed by atoms with Crippen molar-refractivity contribution in [2.45, 2.75) is 64.3 Å². The van der Waals surface area contributed by atoms with E-state index >= 15 is 0 Å². The standard InChI is InChI=1S/C22H32N2O4/c1-2-3-4-5-6-10-15-28-22(27)23-20(16-18-11-8-7-9-12-18)21(26)24-14-13-19(25)17-24/h7-9,11-12,20H,2-6,10,13-17H2,1H3,(H,23,27)/t20-/m0/s1. The number of alkyl carbamates (subject to hydrolysis) is 1. The van der Waals surface area contributed by atoms with Crippen LogP contribution < -0.4 is 5.32 Å². The van der Waals surface area contributed by atoms with Crippen LogP contribution in [0, 0.1) is 0 Å². The molecular weight excluding hydrogens is 356 g/mol. The average molecular weight is 389 g/mol. The molecule has 28 heavy (non-hydrogen) atoms. The summed E-state index contributed by atoms with van der Waals surface area (Å²) in [6, 6.07) is 8.80. The van der Waals surface area contributed by atoms with Gasteiger partial charge in [0, 0.05) is 19.4 Å². The number of hydrogen-bond donors (Lipinski definition) is 1. The van der Waals surface area contributed by atoms with Crippen molar-refractivity contribution >= 4 is 17.8 Å². The third-order valence-corrected chi connectivity index (χ3v) is 4.94. The predicted molar refractivity (Wildman–Crippen MR) is 108 cm³/mol. The van der Waals surface area contributed by atoms with Crippen LogP contribution in [0.15, 0.2) is 30.3 Å². The van der Waals surface area contributed by atoms with E-state index in [0.29, 0.717) is 26.0 Å². The van der Waals surface area contributed by atoms with E-state index in [1.807, 2.05) is 30.3 Å². The second-order valence-electron chi connectivity index (χ2n) is 7.34. The van der Waals surface area contributed by atoms with Gasteiger partial charge in [-0.2, -0.15) is 0 Å². The molecule has 1 aliphatic heterocycles. The predicted octanol–water partition coefficient (Wildman–Crippen LogP) is 3.49. The average Bonchev–Trinajstić information content (AvgIpc) is 3.13. The molecule has 6 heteroatoms. The fourth-order valence-electron chi connectivity index (χ4n) is 3.32. The normalized spacial score (nSPS) is 14.8. The molecule has 1 aromatic rings. The first kappa shape index (κ1) is 21.9. The third kappa shape index (κ3) is 7.71. The van der Waals surface area contributed by atoms with E-state index in [4.69, 9.17) is 4.74 Å². The van der Waals surface area contributed by atoms with Crippen molar-refractivity contribution in [1.82, 2.24) is 10.2 Å². The second kappa shape index (κ2) is 12.2. The van der Waals surface area contributed by atoms with Crippen molar-refractivity contribution < 1.29 is 19.1 Å². The maximum atomic E-state index is 12.8. The number of ketones is 1. The third-order valence-electron chi connectivity index (χ3n) is 4.94. The number of carbonyl (C=O) groups excluding carboxylic acids is 3. The number of nitrogens with zero attached hydrogens (tertiary/aromatic N) is 1. The van der Waals surface area contributed by atoms with Gasteiger partial charge in [-0.1, -0.05) is 69.4 Å². The largest absolute Gasteiger partial charge is 0.450 e. The molecule has 1 saturated heterocycles. The lowest BCUT2D eigenvalue weighted by Gasteiger charge is -2.23. The number of nitrogens with one attached hydrogen (secondary N) is 1. The summed E-state index contributed by atoms with van der Waals surface area (Å²) in [4.78, 5) is 38.0. The van der Waals surface area contributed by atoms with E-state index in [9.17, 15) is 14.4 Å². The van der Waals surface area contributed by atoms with E-state index < -0.39 is 12.1 Å². The highest BCUT2D eigenvalue weighted by Gasteiger charge is 2.31. The number of hydrogen-bond acceptors (Lipinski definition) is 4. The summed E-state index contributed by atoms with van der Waals surface area (Å²) in [6.45, 7) is 3.07. The Kier molecular flexibility index (Phi) is 9.52. The fraction of sp³-hybridized carbons (Fsp3) is 0.591. The Hall–Kier alpha value is -2.37. The molecule has 0 bridgehead atoms. The topological polar surface area (TPSA) is 75.7 Å². The molecule has 0 radical (unpaired) electrons. The van der Waals surface area contributed by atoms with Gasteiger partial charge in [-0.15, -0.1) is 0 Å². The van der Waals surface area contributed by atoms with Gasteiger partial charge in [-0.05, 0) is 12.0 Å². The van der Waals surface area contributed by atoms with Crippen LogP contribution in [0.25, 0.3) is 0 Å². The number of carbonyl (C=O) groups is 3. The molecule has 1 heterocycles. The van der Waals surface area contributed by atoms with Crippen molar-refractivity contribution in [3.63, 3.8) is 0 Å². The van der Waals surface area contributed by atoms with Crippen LogP contribution >= 0.6 is 0 Å². The second-order valence-corrected chi connectivity index (χ2v) is 7.34. The Labute approximate surface area is 167 Å². The van der Waals surface area contributed by atoms with Crippen molar-refractivity contribution in [2.75, 3.05) is 19.7 Å². The van der Waals surface area contributed by atoms with Crippen molar-refractivity contribution in [1.29, 1.82) is 0 Å². The minimum absolute atomic E-state index is 0.0532. The Morgan fingerprint density at radius 2 is 1.82 bits per heavy atom. The van der Waals surface area contributed by atoms with Crippen LogP contribution in [-0.4, -0.2) is 48.4 Å². The molecule has 0 aromatic heterocycles. The molecule has 1 N–H and O–H groups in total. The minimum Gasteiger partial charge on any atom is -0.450 e. The highest BCUT2D eigenvalue weighted by molar-refractivity contribution is 5.92. The van der Waals surface area contributed by atoms with Crippen LogP contribution in [0.3, 0.4) is 0 Å². The Bertz CT molecular complexity index is 633. The molecule has 0 spiro atoms. The van der Waals surface area contributed by atoms with Crippen LogP contribution in [0.2, 0.25) is 0 Å². The van der Waals surface area contributed by atoms with Crippen molar-refractivity contribution in [3.8, 4) is 0 Å². The van der Waals surface area contributed by atoms with Gasteiger partial charge in [-0.3, -0.25) is 9.59 Å². The van der Waals surface area contributed by atoms with Gasteiger partial charge in [-0.25, -0.2) is 4.79 Å². The van der Waals surface area contributed by atoms with Gasteiger partial charge >= 0.3 is 6.09 Å². The smallest absolute Gasteiger partial charge is 0.407 e. The highest BCUT2D eigenvalue weighted by atomic mass is 16.5. The zero-order valence-electron chi connectivity index (χ0n) is 16.8. The summed E-state index contributed by atoms with van der Waals surface area (Å²) in [5, 5.41) is 2.70. The van der Waals surface area contributed by atoms with E-state index in [1.54, 1.807) is 0 Å². The lowest BCUT2D eigenvalue weighted by Crippen LogP contribution is -2.49. The van der Waals surface area contributed by atoms with Crippen molar-refractivity contribution in [2.24, 2.45) is 0 Å². The number of Topliss-reactive ketones (excluding diaryl/α,β-unsaturated/α-hetero) is 1. The Morgan fingerprint density at radius 3 is 2.50 bits per heavy atom. The maximum Gasteiger partial charge on any atom is 0.407 e. The fourth-order valence-corrected chi connectivity index (χ4v) is 3.32. The van der Waals surface area contributed by atoms with Gasteiger partial charge in [0.25, 0.3) is 0 Å². The van der Waals surface area contributed by atoms with Gasteiger partial charge in [0.1, 0.15) is 6.04 Å². The molecule has 2 rings (SSSR count). The zero-order chi connectivity index (χ0) is 20.2. The first-order chi connectivity index (χ1) is 13.6. The van der Waals surface area contributed by atoms with Crippen LogP contribution in [0.4, 0.5) is 4.79 Å². The SMILES string of the molecule is CCCCCCCCOC(=O)N[C@@H](Cc1ccccc1)C(=O)N1CCC(=O)C1. The zero-order valence-corrected chi connectivity index (χ0v) is 16.8. The number of benzene rings is 1. The summed E-state index contributed by atoms with van der Waals surface area (Å²) in [5.41, 5.74) is 0.947. The Morgan fingerprint density at radius 1 is 1.11 bits per heavy atom. The van der Waals surface area contributed by atoms with E-state index in [-0.39, 0.29) is 18.2 Å². The number of unbranched alkanes of at least 4 members (excludes halogenated alkanes) is 5. The van der Waals surface area contributed by atoms with Crippen molar-refractivity contribution in [3.05, 3.63) is 35.9 Å². The van der Waals surface area contributed by atoms with Crippen LogP contribution in [-0.2, 0) is 20.7 Å². The summed E-state index contributed by atoms with van der Waals surface area (Å²) in [6.07, 6.45) is 6.85. The monoisotopic (exact) mass is 388 g/mol. The van der Waals surface area contributed by atoms with Gasteiger partial charge in [0.2, 0.25) is 5.91 Å². The molecule has 6 nitrogen and oxygen atoms in total. The van der Waals surface area contributed by atoms with Crippen LogP contribution in [0.5, 0.6) is 0 Å². The molecule has 0 unspecified atom stereocenters. The maximum absolute atomic E-state index is 12.8.